The molecule has 0 radical (unpaired) electrons. The number of nitrogens with one attached hydrogen (secondary N) is 2. The monoisotopic (exact) mass is 649 g/mol. The highest BCUT2D eigenvalue weighted by Gasteiger charge is 2.30. The zero-order chi connectivity index (χ0) is 32.5. The Hall–Kier alpha value is -5.23. The summed E-state index contributed by atoms with van der Waals surface area (Å²) in [6.07, 6.45) is 8.60. The van der Waals surface area contributed by atoms with E-state index in [0.717, 1.165) is 36.7 Å². The van der Waals surface area contributed by atoms with Gasteiger partial charge < -0.3 is 10.1 Å². The number of anilines is 2. The molecule has 3 aromatic heterocycles. The number of halogens is 1. The van der Waals surface area contributed by atoms with Crippen LogP contribution in [0.25, 0.3) is 16.9 Å². The highest BCUT2D eigenvalue weighted by molar-refractivity contribution is 7.85. The fourth-order valence-electron chi connectivity index (χ4n) is 5.93. The van der Waals surface area contributed by atoms with E-state index in [-0.39, 0.29) is 17.7 Å². The standard InChI is InChI=1S/C35H32FN7O3S/c1-21(2)46-33-32(27-17-38-39-18-27)37-20-43-34(33)41-35(42-43)40-31-11-10-29(16-30(31)36)47(45)28-5-3-4-23(15-28)12-24-13-26(14-24)25-8-6-22(19-44)7-9-25/h3-11,15-21,24,26H,12-14H2,1-2H3,(H,38,39)(H,40,42). The van der Waals surface area contributed by atoms with Crippen LogP contribution in [0.15, 0.2) is 95.2 Å². The maximum Gasteiger partial charge on any atom is 0.247 e. The first-order valence-electron chi connectivity index (χ1n) is 15.4. The van der Waals surface area contributed by atoms with E-state index >= 15 is 4.39 Å². The van der Waals surface area contributed by atoms with Crippen molar-refractivity contribution in [3.63, 3.8) is 0 Å². The second-order valence-corrected chi connectivity index (χ2v) is 13.5. The van der Waals surface area contributed by atoms with Crippen molar-refractivity contribution in [2.75, 3.05) is 5.32 Å². The van der Waals surface area contributed by atoms with E-state index in [1.807, 2.05) is 62.4 Å². The number of carbonyl (C=O) groups excluding carboxylic acids is 1. The lowest BCUT2D eigenvalue weighted by Gasteiger charge is -2.36. The van der Waals surface area contributed by atoms with Gasteiger partial charge in [0, 0.05) is 27.1 Å². The summed E-state index contributed by atoms with van der Waals surface area (Å²) in [5, 5.41) is 14.1. The molecule has 6 aromatic rings. The minimum atomic E-state index is -1.56. The summed E-state index contributed by atoms with van der Waals surface area (Å²) in [5.74, 6) is 1.03. The van der Waals surface area contributed by atoms with E-state index in [9.17, 15) is 9.00 Å². The fourth-order valence-corrected chi connectivity index (χ4v) is 7.07. The molecule has 47 heavy (non-hydrogen) atoms. The topological polar surface area (TPSA) is 127 Å². The minimum Gasteiger partial charge on any atom is -0.485 e. The molecule has 0 spiro atoms. The van der Waals surface area contributed by atoms with E-state index < -0.39 is 16.6 Å². The first kappa shape index (κ1) is 30.4. The van der Waals surface area contributed by atoms with E-state index in [4.69, 9.17) is 4.74 Å². The number of ether oxygens (including phenoxy) is 1. The van der Waals surface area contributed by atoms with Crippen molar-refractivity contribution in [3.05, 3.63) is 108 Å². The number of nitrogens with zero attached hydrogens (tertiary/aromatic N) is 5. The molecule has 1 fully saturated rings. The lowest BCUT2D eigenvalue weighted by molar-refractivity contribution is 0.112. The third-order valence-electron chi connectivity index (χ3n) is 8.29. The average Bonchev–Trinajstić information content (AvgIpc) is 3.74. The normalized spacial score (nSPS) is 16.6. The van der Waals surface area contributed by atoms with Crippen LogP contribution >= 0.6 is 0 Å². The smallest absolute Gasteiger partial charge is 0.247 e. The number of fused-ring (bicyclic) bond motifs is 1. The number of H-pyrrole nitrogens is 1. The maximum atomic E-state index is 15.4. The second-order valence-electron chi connectivity index (χ2n) is 12.0. The van der Waals surface area contributed by atoms with E-state index in [1.54, 1.807) is 18.5 Å². The van der Waals surface area contributed by atoms with Gasteiger partial charge in [-0.2, -0.15) is 14.6 Å². The number of aromatic nitrogens is 6. The second kappa shape index (κ2) is 12.9. The van der Waals surface area contributed by atoms with Gasteiger partial charge >= 0.3 is 0 Å². The molecule has 0 saturated heterocycles. The molecule has 3 heterocycles. The van der Waals surface area contributed by atoms with Crippen LogP contribution < -0.4 is 10.1 Å². The Labute approximate surface area is 272 Å². The Bertz CT molecular complexity index is 2070. The van der Waals surface area contributed by atoms with Gasteiger partial charge in [-0.1, -0.05) is 36.4 Å². The average molecular weight is 650 g/mol. The van der Waals surface area contributed by atoms with Crippen LogP contribution in [0.5, 0.6) is 5.75 Å². The predicted octanol–water partition coefficient (Wildman–Crippen LogP) is 6.90. The number of rotatable bonds is 11. The largest absolute Gasteiger partial charge is 0.485 e. The third kappa shape index (κ3) is 6.41. The van der Waals surface area contributed by atoms with Gasteiger partial charge in [-0.05, 0) is 86.4 Å². The Morgan fingerprint density at radius 2 is 1.91 bits per heavy atom. The Morgan fingerprint density at radius 1 is 1.11 bits per heavy atom. The third-order valence-corrected chi connectivity index (χ3v) is 9.65. The van der Waals surface area contributed by atoms with Gasteiger partial charge in [-0.3, -0.25) is 9.89 Å². The zero-order valence-corrected chi connectivity index (χ0v) is 26.6. The molecule has 2 N–H and O–H groups in total. The van der Waals surface area contributed by atoms with Gasteiger partial charge in [0.25, 0.3) is 0 Å². The van der Waals surface area contributed by atoms with Gasteiger partial charge in [-0.25, -0.2) is 13.6 Å². The van der Waals surface area contributed by atoms with Crippen LogP contribution in [0.2, 0.25) is 0 Å². The van der Waals surface area contributed by atoms with Crippen molar-refractivity contribution in [3.8, 4) is 17.0 Å². The molecule has 10 nitrogen and oxygen atoms in total. The van der Waals surface area contributed by atoms with Crippen LogP contribution in [0, 0.1) is 11.7 Å². The molecule has 7 rings (SSSR count). The molecule has 1 aliphatic carbocycles. The lowest BCUT2D eigenvalue weighted by atomic mass is 9.69. The zero-order valence-electron chi connectivity index (χ0n) is 25.8. The molecule has 1 saturated carbocycles. The molecule has 238 valence electrons. The van der Waals surface area contributed by atoms with Gasteiger partial charge in [0.05, 0.1) is 28.8 Å². The molecule has 0 aliphatic heterocycles. The SMILES string of the molecule is CC(C)Oc1c(-c2cn[nH]c2)ncn2nc(Nc3ccc(S(=O)c4cccc(CC5CC(c6ccc(C=O)cc6)C5)c4)cc3F)nc12. The molecule has 0 amide bonds. The Morgan fingerprint density at radius 3 is 2.64 bits per heavy atom. The number of aromatic amines is 1. The summed E-state index contributed by atoms with van der Waals surface area (Å²) < 4.78 is 36.4. The van der Waals surface area contributed by atoms with Crippen LogP contribution in [0.4, 0.5) is 16.0 Å². The summed E-state index contributed by atoms with van der Waals surface area (Å²) in [4.78, 5) is 21.0. The van der Waals surface area contributed by atoms with Crippen LogP contribution in [0.1, 0.15) is 54.1 Å². The van der Waals surface area contributed by atoms with Crippen molar-refractivity contribution in [2.24, 2.45) is 5.92 Å². The molecular formula is C35H32FN7O3S. The van der Waals surface area contributed by atoms with Crippen LogP contribution in [-0.4, -0.2) is 46.4 Å². The quantitative estimate of drug-likeness (QED) is 0.145. The predicted molar refractivity (Wildman–Crippen MR) is 176 cm³/mol. The number of hydrogen-bond donors (Lipinski definition) is 2. The highest BCUT2D eigenvalue weighted by Crippen LogP contribution is 2.43. The Balaban J connectivity index is 1.04. The maximum absolute atomic E-state index is 15.4. The van der Waals surface area contributed by atoms with Crippen molar-refractivity contribution in [1.29, 1.82) is 0 Å². The van der Waals surface area contributed by atoms with Gasteiger partial charge in [0.2, 0.25) is 11.6 Å². The number of hydrogen-bond acceptors (Lipinski definition) is 8. The van der Waals surface area contributed by atoms with Crippen LogP contribution in [-0.2, 0) is 17.2 Å². The first-order valence-corrected chi connectivity index (χ1v) is 16.5. The van der Waals surface area contributed by atoms with Crippen molar-refractivity contribution >= 4 is 34.4 Å². The van der Waals surface area contributed by atoms with E-state index in [1.165, 1.54) is 28.5 Å². The lowest BCUT2D eigenvalue weighted by Crippen LogP contribution is -2.23. The fraction of sp³-hybridized carbons (Fsp3) is 0.229. The first-order chi connectivity index (χ1) is 22.8. The summed E-state index contributed by atoms with van der Waals surface area (Å²) in [7, 11) is -1.56. The highest BCUT2D eigenvalue weighted by atomic mass is 32.2. The molecule has 3 aromatic carbocycles. The summed E-state index contributed by atoms with van der Waals surface area (Å²) in [5.41, 5.74) is 4.91. The van der Waals surface area contributed by atoms with Crippen LogP contribution in [0.3, 0.4) is 0 Å². The van der Waals surface area contributed by atoms with Gasteiger partial charge in [0.1, 0.15) is 24.1 Å². The summed E-state index contributed by atoms with van der Waals surface area (Å²) in [6.45, 7) is 3.80. The van der Waals surface area contributed by atoms with Gasteiger partial charge in [0.15, 0.2) is 5.75 Å². The molecule has 1 atom stereocenters. The summed E-state index contributed by atoms with van der Waals surface area (Å²) >= 11 is 0. The van der Waals surface area contributed by atoms with E-state index in [0.29, 0.717) is 44.3 Å². The number of carbonyl (C=O) groups is 1. The molecule has 0 bridgehead atoms. The molecular weight excluding hydrogens is 617 g/mol. The van der Waals surface area contributed by atoms with Crippen molar-refractivity contribution in [2.45, 2.75) is 54.9 Å². The summed E-state index contributed by atoms with van der Waals surface area (Å²) in [6, 6.07) is 20.0. The van der Waals surface area contributed by atoms with Gasteiger partial charge in [-0.15, -0.1) is 5.10 Å². The van der Waals surface area contributed by atoms with Crippen molar-refractivity contribution < 1.29 is 18.1 Å². The molecule has 12 heteroatoms. The van der Waals surface area contributed by atoms with Crippen molar-refractivity contribution in [1.82, 2.24) is 29.8 Å². The number of benzene rings is 3. The Kier molecular flexibility index (Phi) is 8.33. The minimum absolute atomic E-state index is 0.144. The molecule has 1 unspecified atom stereocenters. The molecule has 1 aliphatic rings. The number of aldehydes is 1. The van der Waals surface area contributed by atoms with E-state index in [2.05, 4.69) is 30.6 Å².